The lowest BCUT2D eigenvalue weighted by molar-refractivity contribution is 0.489. The van der Waals surface area contributed by atoms with Crippen LogP contribution in [-0.2, 0) is 6.42 Å². The van der Waals surface area contributed by atoms with E-state index in [1.165, 1.54) is 31.2 Å². The van der Waals surface area contributed by atoms with Crippen LogP contribution >= 0.6 is 15.9 Å². The summed E-state index contributed by atoms with van der Waals surface area (Å²) < 4.78 is 14.1. The van der Waals surface area contributed by atoms with Gasteiger partial charge in [0.25, 0.3) is 0 Å². The molecule has 1 aromatic carbocycles. The Balaban J connectivity index is 2.02. The summed E-state index contributed by atoms with van der Waals surface area (Å²) in [6.45, 7) is 3.23. The van der Waals surface area contributed by atoms with E-state index in [2.05, 4.69) is 34.2 Å². The zero-order valence-electron chi connectivity index (χ0n) is 12.8. The molecule has 1 N–H and O–H groups in total. The van der Waals surface area contributed by atoms with Crippen molar-refractivity contribution in [3.05, 3.63) is 45.7 Å². The molecule has 0 aliphatic heterocycles. The molecule has 2 rings (SSSR count). The molecule has 1 aliphatic carbocycles. The van der Waals surface area contributed by atoms with Crippen LogP contribution in [0.25, 0.3) is 0 Å². The monoisotopic (exact) mass is 353 g/mol. The van der Waals surface area contributed by atoms with Gasteiger partial charge in [-0.2, -0.15) is 0 Å². The molecule has 116 valence electrons. The zero-order chi connectivity index (χ0) is 15.1. The molecule has 0 fully saturated rings. The molecule has 0 bridgehead atoms. The first kappa shape index (κ1) is 16.7. The lowest BCUT2D eigenvalue weighted by atomic mass is 9.92. The average molecular weight is 354 g/mol. The summed E-state index contributed by atoms with van der Waals surface area (Å²) in [6, 6.07) is 5.45. The molecule has 1 nitrogen and oxygen atoms in total. The van der Waals surface area contributed by atoms with Gasteiger partial charge >= 0.3 is 0 Å². The van der Waals surface area contributed by atoms with Gasteiger partial charge in [0.2, 0.25) is 0 Å². The van der Waals surface area contributed by atoms with Crippen molar-refractivity contribution in [3.63, 3.8) is 0 Å². The fourth-order valence-corrected chi connectivity index (χ4v) is 3.44. The first-order chi connectivity index (χ1) is 10.2. The minimum atomic E-state index is -0.182. The van der Waals surface area contributed by atoms with Crippen molar-refractivity contribution in [1.82, 2.24) is 5.32 Å². The Bertz CT molecular complexity index is 484. The van der Waals surface area contributed by atoms with E-state index in [0.717, 1.165) is 30.3 Å². The first-order valence-electron chi connectivity index (χ1n) is 8.04. The fourth-order valence-electron chi connectivity index (χ4n) is 2.92. The SMILES string of the molecule is CCCNC(CC1=CCCCC1)Cc1ccc(F)cc1Br. The number of nitrogens with one attached hydrogen (secondary N) is 1. The van der Waals surface area contributed by atoms with Crippen LogP contribution in [-0.4, -0.2) is 12.6 Å². The highest BCUT2D eigenvalue weighted by Gasteiger charge is 2.14. The molecule has 0 amide bonds. The molecule has 21 heavy (non-hydrogen) atoms. The minimum absolute atomic E-state index is 0.182. The largest absolute Gasteiger partial charge is 0.313 e. The lowest BCUT2D eigenvalue weighted by Gasteiger charge is -2.22. The maximum absolute atomic E-state index is 13.2. The van der Waals surface area contributed by atoms with Gasteiger partial charge in [0.15, 0.2) is 0 Å². The zero-order valence-corrected chi connectivity index (χ0v) is 14.4. The van der Waals surface area contributed by atoms with Crippen molar-refractivity contribution in [2.75, 3.05) is 6.54 Å². The predicted octanol–water partition coefficient (Wildman–Crippen LogP) is 5.39. The second kappa shape index (κ2) is 8.70. The van der Waals surface area contributed by atoms with Crippen molar-refractivity contribution in [3.8, 4) is 0 Å². The Hall–Kier alpha value is -0.670. The normalized spacial score (nSPS) is 16.6. The summed E-state index contributed by atoms with van der Waals surface area (Å²) in [4.78, 5) is 0. The van der Waals surface area contributed by atoms with Gasteiger partial charge in [0, 0.05) is 10.5 Å². The highest BCUT2D eigenvalue weighted by atomic mass is 79.9. The number of benzene rings is 1. The van der Waals surface area contributed by atoms with E-state index in [0.29, 0.717) is 6.04 Å². The molecule has 0 spiro atoms. The maximum atomic E-state index is 13.2. The standard InChI is InChI=1S/C18H25BrFN/c1-2-10-21-17(11-14-6-4-3-5-7-14)12-15-8-9-16(20)13-18(15)19/h6,8-9,13,17,21H,2-5,7,10-12H2,1H3. The molecule has 0 saturated heterocycles. The van der Waals surface area contributed by atoms with E-state index in [-0.39, 0.29) is 5.82 Å². The van der Waals surface area contributed by atoms with Crippen molar-refractivity contribution < 1.29 is 4.39 Å². The molecule has 0 heterocycles. The molecule has 1 unspecified atom stereocenters. The van der Waals surface area contributed by atoms with Crippen molar-refractivity contribution in [1.29, 1.82) is 0 Å². The topological polar surface area (TPSA) is 12.0 Å². The molecule has 0 aromatic heterocycles. The molecule has 3 heteroatoms. The van der Waals surface area contributed by atoms with Crippen LogP contribution in [0.1, 0.15) is 51.0 Å². The van der Waals surface area contributed by atoms with Crippen LogP contribution in [0.2, 0.25) is 0 Å². The van der Waals surface area contributed by atoms with E-state index in [1.807, 2.05) is 6.07 Å². The van der Waals surface area contributed by atoms with Crippen LogP contribution in [0.4, 0.5) is 4.39 Å². The predicted molar refractivity (Wildman–Crippen MR) is 91.1 cm³/mol. The van der Waals surface area contributed by atoms with E-state index in [1.54, 1.807) is 17.7 Å². The van der Waals surface area contributed by atoms with Crippen LogP contribution < -0.4 is 5.32 Å². The summed E-state index contributed by atoms with van der Waals surface area (Å²) >= 11 is 3.49. The van der Waals surface area contributed by atoms with Crippen molar-refractivity contribution >= 4 is 15.9 Å². The summed E-state index contributed by atoms with van der Waals surface area (Å²) in [7, 11) is 0. The first-order valence-corrected chi connectivity index (χ1v) is 8.83. The smallest absolute Gasteiger partial charge is 0.124 e. The van der Waals surface area contributed by atoms with Crippen LogP contribution in [0.15, 0.2) is 34.3 Å². The van der Waals surface area contributed by atoms with Gasteiger partial charge in [-0.25, -0.2) is 4.39 Å². The Kier molecular flexibility index (Phi) is 6.91. The summed E-state index contributed by atoms with van der Waals surface area (Å²) in [5, 5.41) is 3.65. The molecular weight excluding hydrogens is 329 g/mol. The minimum Gasteiger partial charge on any atom is -0.313 e. The molecule has 1 atom stereocenters. The second-order valence-corrected chi connectivity index (χ2v) is 6.76. The van der Waals surface area contributed by atoms with Crippen LogP contribution in [0.3, 0.4) is 0 Å². The number of allylic oxidation sites excluding steroid dienone is 1. The summed E-state index contributed by atoms with van der Waals surface area (Å²) in [5.74, 6) is -0.182. The molecule has 1 aliphatic rings. The summed E-state index contributed by atoms with van der Waals surface area (Å²) in [5.41, 5.74) is 2.77. The van der Waals surface area contributed by atoms with Gasteiger partial charge in [-0.15, -0.1) is 0 Å². The molecular formula is C18H25BrFN. The van der Waals surface area contributed by atoms with Gasteiger partial charge in [-0.3, -0.25) is 0 Å². The third-order valence-corrected chi connectivity index (χ3v) is 4.80. The van der Waals surface area contributed by atoms with E-state index in [4.69, 9.17) is 0 Å². The van der Waals surface area contributed by atoms with E-state index in [9.17, 15) is 4.39 Å². The van der Waals surface area contributed by atoms with Crippen LogP contribution in [0.5, 0.6) is 0 Å². The highest BCUT2D eigenvalue weighted by Crippen LogP contribution is 2.25. The second-order valence-electron chi connectivity index (χ2n) is 5.90. The van der Waals surface area contributed by atoms with Crippen molar-refractivity contribution in [2.45, 2.75) is 57.9 Å². The third kappa shape index (κ3) is 5.55. The van der Waals surface area contributed by atoms with Gasteiger partial charge in [-0.1, -0.05) is 40.6 Å². The summed E-state index contributed by atoms with van der Waals surface area (Å²) in [6.07, 6.45) is 10.8. The Morgan fingerprint density at radius 1 is 1.29 bits per heavy atom. The lowest BCUT2D eigenvalue weighted by Crippen LogP contribution is -2.32. The molecule has 0 saturated carbocycles. The Morgan fingerprint density at radius 3 is 2.81 bits per heavy atom. The van der Waals surface area contributed by atoms with E-state index < -0.39 is 0 Å². The average Bonchev–Trinajstić information content (AvgIpc) is 2.48. The van der Waals surface area contributed by atoms with Crippen molar-refractivity contribution in [2.24, 2.45) is 0 Å². The number of hydrogen-bond acceptors (Lipinski definition) is 1. The number of halogens is 2. The quantitative estimate of drug-likeness (QED) is 0.648. The molecule has 1 aromatic rings. The van der Waals surface area contributed by atoms with E-state index >= 15 is 0 Å². The van der Waals surface area contributed by atoms with Gasteiger partial charge in [0.1, 0.15) is 5.82 Å². The Morgan fingerprint density at radius 2 is 2.14 bits per heavy atom. The van der Waals surface area contributed by atoms with Crippen LogP contribution in [0, 0.1) is 5.82 Å². The van der Waals surface area contributed by atoms with Gasteiger partial charge < -0.3 is 5.32 Å². The van der Waals surface area contributed by atoms with Gasteiger partial charge in [-0.05, 0) is 69.2 Å². The number of hydrogen-bond donors (Lipinski definition) is 1. The third-order valence-electron chi connectivity index (χ3n) is 4.06. The number of rotatable bonds is 7. The highest BCUT2D eigenvalue weighted by molar-refractivity contribution is 9.10. The van der Waals surface area contributed by atoms with Gasteiger partial charge in [0.05, 0.1) is 0 Å². The maximum Gasteiger partial charge on any atom is 0.124 e. The fraction of sp³-hybridized carbons (Fsp3) is 0.556. The Labute approximate surface area is 136 Å². The molecule has 0 radical (unpaired) electrons.